The molecule has 2 heterocycles. The Hall–Kier alpha value is -2.75. The minimum Gasteiger partial charge on any atom is -0.484 e. The van der Waals surface area contributed by atoms with Crippen molar-refractivity contribution in [2.75, 3.05) is 19.7 Å². The predicted octanol–water partition coefficient (Wildman–Crippen LogP) is 3.84. The molecule has 0 unspecified atom stereocenters. The number of rotatable bonds is 4. The monoisotopic (exact) mass is 320 g/mol. The molecule has 4 rings (SSSR count). The number of amides is 1. The Labute approximate surface area is 141 Å². The second-order valence-corrected chi connectivity index (χ2v) is 6.17. The lowest BCUT2D eigenvalue weighted by Crippen LogP contribution is -2.32. The summed E-state index contributed by atoms with van der Waals surface area (Å²) in [5, 5.41) is 1.20. The Morgan fingerprint density at radius 3 is 2.54 bits per heavy atom. The van der Waals surface area contributed by atoms with E-state index >= 15 is 0 Å². The van der Waals surface area contributed by atoms with Gasteiger partial charge in [-0.3, -0.25) is 4.79 Å². The Balaban J connectivity index is 1.43. The first-order valence-corrected chi connectivity index (χ1v) is 8.38. The summed E-state index contributed by atoms with van der Waals surface area (Å²) in [6.07, 6.45) is 2.20. The van der Waals surface area contributed by atoms with Crippen LogP contribution in [-0.2, 0) is 4.79 Å². The van der Waals surface area contributed by atoms with E-state index in [4.69, 9.17) is 4.74 Å². The van der Waals surface area contributed by atoms with Gasteiger partial charge in [0.25, 0.3) is 5.91 Å². The summed E-state index contributed by atoms with van der Waals surface area (Å²) in [6, 6.07) is 18.2. The fourth-order valence-corrected chi connectivity index (χ4v) is 3.16. The number of nitrogens with zero attached hydrogens (tertiary/aromatic N) is 1. The summed E-state index contributed by atoms with van der Waals surface area (Å²) >= 11 is 0. The maximum atomic E-state index is 12.0. The standard InChI is InChI=1S/C20H20N2O2/c23-20(22-11-3-4-12-22)14-24-17-9-7-15(8-10-17)19-13-16-5-1-2-6-18(16)21-19/h1-2,5-10,13,21H,3-4,11-12,14H2. The topological polar surface area (TPSA) is 45.3 Å². The van der Waals surface area contributed by atoms with Gasteiger partial charge in [-0.25, -0.2) is 0 Å². The highest BCUT2D eigenvalue weighted by Gasteiger charge is 2.18. The molecular weight excluding hydrogens is 300 g/mol. The third-order valence-electron chi connectivity index (χ3n) is 4.52. The van der Waals surface area contributed by atoms with Gasteiger partial charge < -0.3 is 14.6 Å². The van der Waals surface area contributed by atoms with Crippen molar-refractivity contribution in [3.8, 4) is 17.0 Å². The van der Waals surface area contributed by atoms with Crippen molar-refractivity contribution in [2.24, 2.45) is 0 Å². The summed E-state index contributed by atoms with van der Waals surface area (Å²) < 4.78 is 5.63. The first kappa shape index (κ1) is 14.8. The zero-order valence-corrected chi connectivity index (χ0v) is 13.5. The Morgan fingerprint density at radius 1 is 1.04 bits per heavy atom. The average molecular weight is 320 g/mol. The van der Waals surface area contributed by atoms with Crippen molar-refractivity contribution in [3.63, 3.8) is 0 Å². The van der Waals surface area contributed by atoms with Crippen molar-refractivity contribution in [1.82, 2.24) is 9.88 Å². The Morgan fingerprint density at radius 2 is 1.79 bits per heavy atom. The number of likely N-dealkylation sites (tertiary alicyclic amines) is 1. The number of benzene rings is 2. The number of aromatic amines is 1. The van der Waals surface area contributed by atoms with Crippen LogP contribution >= 0.6 is 0 Å². The number of H-pyrrole nitrogens is 1. The van der Waals surface area contributed by atoms with E-state index in [1.165, 1.54) is 5.39 Å². The first-order valence-electron chi connectivity index (χ1n) is 8.38. The predicted molar refractivity (Wildman–Crippen MR) is 95.0 cm³/mol. The van der Waals surface area contributed by atoms with E-state index in [9.17, 15) is 4.79 Å². The van der Waals surface area contributed by atoms with Gasteiger partial charge in [-0.15, -0.1) is 0 Å². The summed E-state index contributed by atoms with van der Waals surface area (Å²) in [4.78, 5) is 17.3. The molecule has 4 heteroatoms. The van der Waals surface area contributed by atoms with Crippen molar-refractivity contribution in [1.29, 1.82) is 0 Å². The molecule has 24 heavy (non-hydrogen) atoms. The lowest BCUT2D eigenvalue weighted by molar-refractivity contribution is -0.132. The number of fused-ring (bicyclic) bond motifs is 1. The molecule has 0 spiro atoms. The number of aromatic nitrogens is 1. The van der Waals surface area contributed by atoms with Crippen LogP contribution in [0.2, 0.25) is 0 Å². The maximum absolute atomic E-state index is 12.0. The second-order valence-electron chi connectivity index (χ2n) is 6.17. The van der Waals surface area contributed by atoms with E-state index in [0.29, 0.717) is 0 Å². The lowest BCUT2D eigenvalue weighted by Gasteiger charge is -2.15. The highest BCUT2D eigenvalue weighted by Crippen LogP contribution is 2.25. The number of para-hydroxylation sites is 1. The molecule has 1 aliphatic rings. The van der Waals surface area contributed by atoms with E-state index in [-0.39, 0.29) is 12.5 Å². The van der Waals surface area contributed by atoms with Crippen molar-refractivity contribution in [2.45, 2.75) is 12.8 Å². The molecule has 1 aliphatic heterocycles. The van der Waals surface area contributed by atoms with E-state index in [2.05, 4.69) is 23.2 Å². The van der Waals surface area contributed by atoms with Crippen LogP contribution in [0.4, 0.5) is 0 Å². The number of ether oxygens (including phenoxy) is 1. The molecule has 4 nitrogen and oxygen atoms in total. The number of hydrogen-bond donors (Lipinski definition) is 1. The van der Waals surface area contributed by atoms with Crippen molar-refractivity contribution < 1.29 is 9.53 Å². The summed E-state index contributed by atoms with van der Waals surface area (Å²) in [5.74, 6) is 0.801. The van der Waals surface area contributed by atoms with Crippen LogP contribution in [0.5, 0.6) is 5.75 Å². The molecule has 0 radical (unpaired) electrons. The zero-order valence-electron chi connectivity index (χ0n) is 13.5. The SMILES string of the molecule is O=C(COc1ccc(-c2cc3ccccc3[nH]2)cc1)N1CCCC1. The fraction of sp³-hybridized carbons (Fsp3) is 0.250. The molecule has 1 aromatic heterocycles. The smallest absolute Gasteiger partial charge is 0.260 e. The van der Waals surface area contributed by atoms with Crippen LogP contribution < -0.4 is 4.74 Å². The molecule has 0 atom stereocenters. The van der Waals surface area contributed by atoms with Gasteiger partial charge in [0.2, 0.25) is 0 Å². The zero-order chi connectivity index (χ0) is 16.4. The second kappa shape index (κ2) is 6.40. The minimum atomic E-state index is 0.0761. The molecule has 3 aromatic rings. The van der Waals surface area contributed by atoms with Gasteiger partial charge in [0.15, 0.2) is 6.61 Å². The third-order valence-corrected chi connectivity index (χ3v) is 4.52. The Bertz CT molecular complexity index is 812. The molecular formula is C20H20N2O2. The molecule has 0 aliphatic carbocycles. The van der Waals surface area contributed by atoms with E-state index in [1.54, 1.807) is 0 Å². The van der Waals surface area contributed by atoms with Crippen molar-refractivity contribution in [3.05, 3.63) is 54.6 Å². The van der Waals surface area contributed by atoms with Gasteiger partial charge in [0.05, 0.1) is 0 Å². The van der Waals surface area contributed by atoms with Crippen LogP contribution in [0, 0.1) is 0 Å². The minimum absolute atomic E-state index is 0.0761. The molecule has 2 aromatic carbocycles. The van der Waals surface area contributed by atoms with Crippen LogP contribution in [-0.4, -0.2) is 35.5 Å². The summed E-state index contributed by atoms with van der Waals surface area (Å²) in [6.45, 7) is 1.84. The number of hydrogen-bond acceptors (Lipinski definition) is 2. The van der Waals surface area contributed by atoms with Crippen LogP contribution in [0.25, 0.3) is 22.2 Å². The lowest BCUT2D eigenvalue weighted by atomic mass is 10.1. The summed E-state index contributed by atoms with van der Waals surface area (Å²) in [7, 11) is 0. The Kier molecular flexibility index (Phi) is 3.95. The molecule has 1 saturated heterocycles. The van der Waals surface area contributed by atoms with Gasteiger partial charge in [-0.05, 0) is 54.8 Å². The summed E-state index contributed by atoms with van der Waals surface area (Å²) in [5.41, 5.74) is 3.31. The highest BCUT2D eigenvalue weighted by molar-refractivity contribution is 5.85. The number of carbonyl (C=O) groups excluding carboxylic acids is 1. The van der Waals surface area contributed by atoms with Gasteiger partial charge in [-0.2, -0.15) is 0 Å². The largest absolute Gasteiger partial charge is 0.484 e. The van der Waals surface area contributed by atoms with E-state index in [0.717, 1.165) is 48.5 Å². The van der Waals surface area contributed by atoms with Crippen molar-refractivity contribution >= 4 is 16.8 Å². The molecule has 1 N–H and O–H groups in total. The molecule has 0 saturated carbocycles. The molecule has 1 amide bonds. The normalized spacial score (nSPS) is 14.2. The third kappa shape index (κ3) is 3.00. The quantitative estimate of drug-likeness (QED) is 0.794. The highest BCUT2D eigenvalue weighted by atomic mass is 16.5. The fourth-order valence-electron chi connectivity index (χ4n) is 3.16. The van der Waals surface area contributed by atoms with Crippen LogP contribution in [0.1, 0.15) is 12.8 Å². The number of nitrogens with one attached hydrogen (secondary N) is 1. The molecule has 122 valence electrons. The number of carbonyl (C=O) groups is 1. The van der Waals surface area contributed by atoms with Crippen LogP contribution in [0.3, 0.4) is 0 Å². The van der Waals surface area contributed by atoms with Gasteiger partial charge in [-0.1, -0.05) is 18.2 Å². The molecule has 1 fully saturated rings. The first-order chi connectivity index (χ1) is 11.8. The van der Waals surface area contributed by atoms with Crippen LogP contribution in [0.15, 0.2) is 54.6 Å². The van der Waals surface area contributed by atoms with Gasteiger partial charge >= 0.3 is 0 Å². The van der Waals surface area contributed by atoms with Gasteiger partial charge in [0, 0.05) is 29.7 Å². The van der Waals surface area contributed by atoms with E-state index < -0.39 is 0 Å². The maximum Gasteiger partial charge on any atom is 0.260 e. The van der Waals surface area contributed by atoms with E-state index in [1.807, 2.05) is 41.3 Å². The molecule has 0 bridgehead atoms. The van der Waals surface area contributed by atoms with Gasteiger partial charge in [0.1, 0.15) is 5.75 Å². The average Bonchev–Trinajstić information content (AvgIpc) is 3.29.